The maximum atomic E-state index is 12.4. The Morgan fingerprint density at radius 2 is 1.80 bits per heavy atom. The highest BCUT2D eigenvalue weighted by Crippen LogP contribution is 2.39. The minimum atomic E-state index is -5.77. The molecule has 0 amide bonds. The Balaban J connectivity index is 2.69. The molecular weight excluding hydrogens is 317 g/mol. The van der Waals surface area contributed by atoms with E-state index in [4.69, 9.17) is 11.6 Å². The molecule has 108 valence electrons. The maximum Gasteiger partial charge on any atom is 0.534 e. The molecule has 0 aliphatic carbocycles. The first-order valence-electron chi connectivity index (χ1n) is 5.32. The first-order chi connectivity index (χ1) is 9.13. The second-order valence-electron chi connectivity index (χ2n) is 4.04. The highest BCUT2D eigenvalue weighted by molar-refractivity contribution is 7.88. The van der Waals surface area contributed by atoms with Gasteiger partial charge >= 0.3 is 15.6 Å². The van der Waals surface area contributed by atoms with Crippen LogP contribution < -0.4 is 4.18 Å². The molecule has 0 aliphatic rings. The molecule has 0 aliphatic heterocycles. The van der Waals surface area contributed by atoms with Crippen molar-refractivity contribution in [2.75, 3.05) is 0 Å². The van der Waals surface area contributed by atoms with E-state index in [9.17, 15) is 21.6 Å². The van der Waals surface area contributed by atoms with Gasteiger partial charge in [-0.05, 0) is 23.9 Å². The summed E-state index contributed by atoms with van der Waals surface area (Å²) >= 11 is 5.87. The minimum absolute atomic E-state index is 0.170. The molecule has 20 heavy (non-hydrogen) atoms. The smallest absolute Gasteiger partial charge is 0.374 e. The van der Waals surface area contributed by atoms with Crippen LogP contribution in [0, 0.1) is 6.92 Å². The van der Waals surface area contributed by atoms with Crippen LogP contribution in [0.4, 0.5) is 13.2 Å². The predicted molar refractivity (Wildman–Crippen MR) is 69.3 cm³/mol. The third-order valence-electron chi connectivity index (χ3n) is 2.60. The quantitative estimate of drug-likeness (QED) is 0.619. The van der Waals surface area contributed by atoms with Crippen LogP contribution in [-0.4, -0.2) is 13.9 Å². The molecule has 2 rings (SSSR count). The molecule has 0 fully saturated rings. The summed E-state index contributed by atoms with van der Waals surface area (Å²) in [6.45, 7) is 1.54. The zero-order valence-electron chi connectivity index (χ0n) is 10.0. The fourth-order valence-electron chi connectivity index (χ4n) is 1.66. The average Bonchev–Trinajstić information content (AvgIpc) is 2.33. The van der Waals surface area contributed by atoms with Crippen molar-refractivity contribution in [1.29, 1.82) is 0 Å². The van der Waals surface area contributed by atoms with Crippen LogP contribution in [0.25, 0.3) is 10.8 Å². The minimum Gasteiger partial charge on any atom is -0.374 e. The highest BCUT2D eigenvalue weighted by Gasteiger charge is 2.49. The van der Waals surface area contributed by atoms with Gasteiger partial charge in [0.05, 0.1) is 5.02 Å². The Hall–Kier alpha value is -1.47. The van der Waals surface area contributed by atoms with Crippen LogP contribution in [0.1, 0.15) is 5.56 Å². The summed E-state index contributed by atoms with van der Waals surface area (Å²) in [5, 5.41) is 0.550. The van der Waals surface area contributed by atoms with Gasteiger partial charge in [0.2, 0.25) is 0 Å². The third kappa shape index (κ3) is 2.55. The van der Waals surface area contributed by atoms with E-state index in [1.54, 1.807) is 31.2 Å². The molecule has 3 nitrogen and oxygen atoms in total. The topological polar surface area (TPSA) is 43.4 Å². The number of fused-ring (bicyclic) bond motifs is 1. The van der Waals surface area contributed by atoms with Gasteiger partial charge < -0.3 is 4.18 Å². The van der Waals surface area contributed by atoms with E-state index in [1.807, 2.05) is 0 Å². The normalized spacial score (nSPS) is 12.7. The SMILES string of the molecule is Cc1cc2ccccc2c(OS(=O)(=O)C(F)(F)F)c1Cl. The van der Waals surface area contributed by atoms with E-state index in [2.05, 4.69) is 4.18 Å². The standard InChI is InChI=1S/C12H8ClF3O3S/c1-7-6-8-4-2-3-5-9(8)11(10(7)13)19-20(17,18)12(14,15)16/h2-6H,1H3. The lowest BCUT2D eigenvalue weighted by atomic mass is 10.1. The summed E-state index contributed by atoms with van der Waals surface area (Å²) in [7, 11) is -5.77. The summed E-state index contributed by atoms with van der Waals surface area (Å²) in [5.74, 6) is -0.514. The first kappa shape index (κ1) is 14.9. The van der Waals surface area contributed by atoms with E-state index in [1.165, 1.54) is 6.07 Å². The van der Waals surface area contributed by atoms with Gasteiger partial charge in [0.15, 0.2) is 5.75 Å². The van der Waals surface area contributed by atoms with Crippen LogP contribution in [0.3, 0.4) is 0 Å². The van der Waals surface area contributed by atoms with Crippen molar-refractivity contribution in [3.63, 3.8) is 0 Å². The number of benzene rings is 2. The van der Waals surface area contributed by atoms with Crippen LogP contribution >= 0.6 is 11.6 Å². The van der Waals surface area contributed by atoms with Crippen molar-refractivity contribution in [1.82, 2.24) is 0 Å². The summed E-state index contributed by atoms with van der Waals surface area (Å²) in [5.41, 5.74) is -5.10. The van der Waals surface area contributed by atoms with E-state index in [0.717, 1.165) is 0 Å². The molecule has 0 spiro atoms. The summed E-state index contributed by atoms with van der Waals surface area (Å²) in [6.07, 6.45) is 0. The Kier molecular flexibility index (Phi) is 3.60. The van der Waals surface area contributed by atoms with Crippen LogP contribution in [0.2, 0.25) is 5.02 Å². The number of hydrogen-bond acceptors (Lipinski definition) is 3. The molecular formula is C12H8ClF3O3S. The summed E-state index contributed by atoms with van der Waals surface area (Å²) in [4.78, 5) is 0. The Morgan fingerprint density at radius 3 is 2.40 bits per heavy atom. The Labute approximate surface area is 118 Å². The van der Waals surface area contributed by atoms with Gasteiger partial charge in [0, 0.05) is 5.39 Å². The lowest BCUT2D eigenvalue weighted by Crippen LogP contribution is -2.28. The zero-order chi connectivity index (χ0) is 15.1. The van der Waals surface area contributed by atoms with Gasteiger partial charge in [-0.1, -0.05) is 35.9 Å². The largest absolute Gasteiger partial charge is 0.534 e. The van der Waals surface area contributed by atoms with Crippen molar-refractivity contribution in [3.05, 3.63) is 40.9 Å². The molecule has 2 aromatic carbocycles. The second kappa shape index (κ2) is 4.82. The fourth-order valence-corrected chi connectivity index (χ4v) is 2.39. The maximum absolute atomic E-state index is 12.4. The number of halogens is 4. The molecule has 2 aromatic rings. The summed E-state index contributed by atoms with van der Waals surface area (Å²) < 4.78 is 63.6. The van der Waals surface area contributed by atoms with Gasteiger partial charge in [0.25, 0.3) is 0 Å². The lowest BCUT2D eigenvalue weighted by molar-refractivity contribution is -0.0499. The van der Waals surface area contributed by atoms with E-state index in [0.29, 0.717) is 10.9 Å². The van der Waals surface area contributed by atoms with Gasteiger partial charge in [-0.15, -0.1) is 0 Å². The van der Waals surface area contributed by atoms with Crippen molar-refractivity contribution in [3.8, 4) is 5.75 Å². The molecule has 0 saturated carbocycles. The fraction of sp³-hybridized carbons (Fsp3) is 0.167. The average molecular weight is 325 g/mol. The van der Waals surface area contributed by atoms with Crippen LogP contribution in [0.5, 0.6) is 5.75 Å². The van der Waals surface area contributed by atoms with Crippen molar-refractivity contribution < 1.29 is 25.8 Å². The molecule has 0 aromatic heterocycles. The van der Waals surface area contributed by atoms with Gasteiger partial charge in [-0.3, -0.25) is 0 Å². The zero-order valence-corrected chi connectivity index (χ0v) is 11.6. The van der Waals surface area contributed by atoms with Crippen molar-refractivity contribution in [2.45, 2.75) is 12.4 Å². The molecule has 8 heteroatoms. The Bertz CT molecular complexity index is 769. The van der Waals surface area contributed by atoms with Gasteiger partial charge in [-0.2, -0.15) is 21.6 Å². The Morgan fingerprint density at radius 1 is 1.20 bits per heavy atom. The van der Waals surface area contributed by atoms with Gasteiger partial charge in [0.1, 0.15) is 0 Å². The van der Waals surface area contributed by atoms with Crippen molar-refractivity contribution in [2.24, 2.45) is 0 Å². The number of aryl methyl sites for hydroxylation is 1. The monoisotopic (exact) mass is 324 g/mol. The predicted octanol–water partition coefficient (Wildman–Crippen LogP) is 4.03. The molecule has 0 saturated heterocycles. The van der Waals surface area contributed by atoms with Crippen LogP contribution in [-0.2, 0) is 10.1 Å². The first-order valence-corrected chi connectivity index (χ1v) is 7.11. The molecule has 0 unspecified atom stereocenters. The van der Waals surface area contributed by atoms with Gasteiger partial charge in [-0.25, -0.2) is 0 Å². The van der Waals surface area contributed by atoms with Crippen molar-refractivity contribution >= 4 is 32.5 Å². The van der Waals surface area contributed by atoms with Crippen LogP contribution in [0.15, 0.2) is 30.3 Å². The number of alkyl halides is 3. The lowest BCUT2D eigenvalue weighted by Gasteiger charge is -2.14. The number of hydrogen-bond donors (Lipinski definition) is 0. The molecule has 0 N–H and O–H groups in total. The number of rotatable bonds is 2. The second-order valence-corrected chi connectivity index (χ2v) is 5.96. The van der Waals surface area contributed by atoms with E-state index < -0.39 is 21.4 Å². The molecule has 0 heterocycles. The molecule has 0 atom stereocenters. The van der Waals surface area contributed by atoms with E-state index >= 15 is 0 Å². The van der Waals surface area contributed by atoms with E-state index in [-0.39, 0.29) is 10.4 Å². The molecule has 0 radical (unpaired) electrons. The molecule has 0 bridgehead atoms. The highest BCUT2D eigenvalue weighted by atomic mass is 35.5. The summed E-state index contributed by atoms with van der Waals surface area (Å²) in [6, 6.07) is 7.89. The third-order valence-corrected chi connectivity index (χ3v) is 4.02.